The van der Waals surface area contributed by atoms with E-state index in [0.717, 1.165) is 0 Å². The van der Waals surface area contributed by atoms with Crippen molar-refractivity contribution in [3.63, 3.8) is 0 Å². The Hall–Kier alpha value is -0.120. The van der Waals surface area contributed by atoms with Gasteiger partial charge in [-0.2, -0.15) is 0 Å². The molecule has 82 valence electrons. The standard InChI is InChI=1S/C11H23N3/c1-11(3-5-12-6-4-11)14-9-7-13(2)8-10-14/h12H,3-10H2,1-2H3. The lowest BCUT2D eigenvalue weighted by molar-refractivity contribution is 0.0306. The molecule has 3 heteroatoms. The number of nitrogens with one attached hydrogen (secondary N) is 1. The van der Waals surface area contributed by atoms with Crippen molar-refractivity contribution >= 4 is 0 Å². The normalized spacial score (nSPS) is 30.4. The Morgan fingerprint density at radius 2 is 1.57 bits per heavy atom. The van der Waals surface area contributed by atoms with Crippen molar-refractivity contribution in [2.24, 2.45) is 0 Å². The summed E-state index contributed by atoms with van der Waals surface area (Å²) in [6.45, 7) is 9.83. The van der Waals surface area contributed by atoms with Gasteiger partial charge >= 0.3 is 0 Å². The van der Waals surface area contributed by atoms with Crippen molar-refractivity contribution in [3.8, 4) is 0 Å². The van der Waals surface area contributed by atoms with Gasteiger partial charge in [-0.3, -0.25) is 4.90 Å². The molecule has 2 rings (SSSR count). The Morgan fingerprint density at radius 1 is 1.00 bits per heavy atom. The molecule has 2 fully saturated rings. The van der Waals surface area contributed by atoms with Gasteiger partial charge in [0.05, 0.1) is 0 Å². The minimum atomic E-state index is 0.479. The van der Waals surface area contributed by atoms with Gasteiger partial charge in [0.1, 0.15) is 0 Å². The maximum Gasteiger partial charge on any atom is 0.0206 e. The van der Waals surface area contributed by atoms with E-state index in [-0.39, 0.29) is 0 Å². The van der Waals surface area contributed by atoms with Crippen LogP contribution in [0, 0.1) is 0 Å². The molecule has 2 aliphatic rings. The maximum absolute atomic E-state index is 3.45. The van der Waals surface area contributed by atoms with Gasteiger partial charge in [0, 0.05) is 31.7 Å². The first-order chi connectivity index (χ1) is 6.71. The number of piperidine rings is 1. The van der Waals surface area contributed by atoms with Crippen LogP contribution in [0.3, 0.4) is 0 Å². The molecule has 2 heterocycles. The topological polar surface area (TPSA) is 18.5 Å². The smallest absolute Gasteiger partial charge is 0.0206 e. The highest BCUT2D eigenvalue weighted by molar-refractivity contribution is 4.92. The lowest BCUT2D eigenvalue weighted by atomic mass is 9.88. The van der Waals surface area contributed by atoms with Crippen molar-refractivity contribution in [1.29, 1.82) is 0 Å². The van der Waals surface area contributed by atoms with Gasteiger partial charge in [0.25, 0.3) is 0 Å². The van der Waals surface area contributed by atoms with Crippen molar-refractivity contribution < 1.29 is 0 Å². The largest absolute Gasteiger partial charge is 0.317 e. The highest BCUT2D eigenvalue weighted by Crippen LogP contribution is 2.26. The Labute approximate surface area is 87.4 Å². The average molecular weight is 197 g/mol. The number of likely N-dealkylation sites (N-methyl/N-ethyl adjacent to an activating group) is 1. The van der Waals surface area contributed by atoms with Crippen LogP contribution in [0.25, 0.3) is 0 Å². The quantitative estimate of drug-likeness (QED) is 0.655. The SMILES string of the molecule is CN1CCN(C2(C)CCNCC2)CC1. The van der Waals surface area contributed by atoms with Crippen molar-refractivity contribution in [2.45, 2.75) is 25.3 Å². The Bertz CT molecular complexity index is 179. The summed E-state index contributed by atoms with van der Waals surface area (Å²) >= 11 is 0. The zero-order chi connectivity index (χ0) is 10.0. The third-order valence-electron chi connectivity index (χ3n) is 3.95. The zero-order valence-electron chi connectivity index (χ0n) is 9.55. The van der Waals surface area contributed by atoms with E-state index in [0.29, 0.717) is 5.54 Å². The lowest BCUT2D eigenvalue weighted by Gasteiger charge is -2.47. The summed E-state index contributed by atoms with van der Waals surface area (Å²) in [6.07, 6.45) is 2.63. The fourth-order valence-corrected chi connectivity index (χ4v) is 2.63. The van der Waals surface area contributed by atoms with Crippen LogP contribution in [-0.4, -0.2) is 61.7 Å². The van der Waals surface area contributed by atoms with Crippen LogP contribution in [-0.2, 0) is 0 Å². The maximum atomic E-state index is 3.45. The molecule has 0 aromatic carbocycles. The molecule has 0 atom stereocenters. The Morgan fingerprint density at radius 3 is 2.14 bits per heavy atom. The van der Waals surface area contributed by atoms with Gasteiger partial charge in [-0.05, 0) is 39.9 Å². The second-order valence-electron chi connectivity index (χ2n) is 5.04. The molecule has 14 heavy (non-hydrogen) atoms. The second kappa shape index (κ2) is 4.17. The summed E-state index contributed by atoms with van der Waals surface area (Å²) in [4.78, 5) is 5.13. The molecule has 0 aliphatic carbocycles. The van der Waals surface area contributed by atoms with E-state index in [1.165, 1.54) is 52.1 Å². The minimum absolute atomic E-state index is 0.479. The van der Waals surface area contributed by atoms with Crippen molar-refractivity contribution in [1.82, 2.24) is 15.1 Å². The molecule has 1 N–H and O–H groups in total. The summed E-state index contributed by atoms with van der Waals surface area (Å²) in [7, 11) is 2.22. The van der Waals surface area contributed by atoms with Gasteiger partial charge in [-0.25, -0.2) is 0 Å². The van der Waals surface area contributed by atoms with Crippen LogP contribution in [0.15, 0.2) is 0 Å². The van der Waals surface area contributed by atoms with E-state index in [4.69, 9.17) is 0 Å². The molecule has 0 bridgehead atoms. The number of nitrogens with zero attached hydrogens (tertiary/aromatic N) is 2. The first-order valence-electron chi connectivity index (χ1n) is 5.85. The number of hydrogen-bond donors (Lipinski definition) is 1. The summed E-state index contributed by atoms with van der Waals surface area (Å²) in [5.74, 6) is 0. The minimum Gasteiger partial charge on any atom is -0.317 e. The van der Waals surface area contributed by atoms with Crippen LogP contribution in [0.1, 0.15) is 19.8 Å². The monoisotopic (exact) mass is 197 g/mol. The van der Waals surface area contributed by atoms with Crippen LogP contribution in [0.2, 0.25) is 0 Å². The van der Waals surface area contributed by atoms with Crippen LogP contribution >= 0.6 is 0 Å². The molecular formula is C11H23N3. The third-order valence-corrected chi connectivity index (χ3v) is 3.95. The predicted octanol–water partition coefficient (Wildman–Crippen LogP) is 0.376. The number of piperazine rings is 1. The summed E-state index contributed by atoms with van der Waals surface area (Å²) < 4.78 is 0. The molecule has 0 amide bonds. The van der Waals surface area contributed by atoms with E-state index < -0.39 is 0 Å². The highest BCUT2D eigenvalue weighted by Gasteiger charge is 2.34. The molecule has 2 saturated heterocycles. The predicted molar refractivity (Wildman–Crippen MR) is 59.6 cm³/mol. The van der Waals surface area contributed by atoms with E-state index >= 15 is 0 Å². The van der Waals surface area contributed by atoms with Gasteiger partial charge in [0.2, 0.25) is 0 Å². The molecule has 0 saturated carbocycles. The number of rotatable bonds is 1. The van der Waals surface area contributed by atoms with Crippen molar-refractivity contribution in [3.05, 3.63) is 0 Å². The van der Waals surface area contributed by atoms with Crippen LogP contribution in [0.5, 0.6) is 0 Å². The van der Waals surface area contributed by atoms with E-state index in [9.17, 15) is 0 Å². The van der Waals surface area contributed by atoms with E-state index in [1.54, 1.807) is 0 Å². The van der Waals surface area contributed by atoms with Gasteiger partial charge < -0.3 is 10.2 Å². The van der Waals surface area contributed by atoms with Crippen LogP contribution < -0.4 is 5.32 Å². The van der Waals surface area contributed by atoms with Crippen LogP contribution in [0.4, 0.5) is 0 Å². The Kier molecular flexibility index (Phi) is 3.10. The molecule has 0 unspecified atom stereocenters. The molecular weight excluding hydrogens is 174 g/mol. The summed E-state index contributed by atoms with van der Waals surface area (Å²) in [5, 5.41) is 3.45. The second-order valence-corrected chi connectivity index (χ2v) is 5.04. The van der Waals surface area contributed by atoms with Gasteiger partial charge in [0.15, 0.2) is 0 Å². The molecule has 0 radical (unpaired) electrons. The fraction of sp³-hybridized carbons (Fsp3) is 1.00. The van der Waals surface area contributed by atoms with E-state index in [2.05, 4.69) is 29.1 Å². The summed E-state index contributed by atoms with van der Waals surface area (Å²) in [5.41, 5.74) is 0.479. The van der Waals surface area contributed by atoms with Gasteiger partial charge in [-0.1, -0.05) is 0 Å². The average Bonchev–Trinajstić information content (AvgIpc) is 2.19. The van der Waals surface area contributed by atoms with E-state index in [1.807, 2.05) is 0 Å². The fourth-order valence-electron chi connectivity index (χ4n) is 2.63. The molecule has 2 aliphatic heterocycles. The van der Waals surface area contributed by atoms with Crippen molar-refractivity contribution in [2.75, 3.05) is 46.3 Å². The molecule has 0 aromatic heterocycles. The first-order valence-corrected chi connectivity index (χ1v) is 5.85. The number of hydrogen-bond acceptors (Lipinski definition) is 3. The molecule has 0 aromatic rings. The van der Waals surface area contributed by atoms with Gasteiger partial charge in [-0.15, -0.1) is 0 Å². The highest BCUT2D eigenvalue weighted by atomic mass is 15.3. The molecule has 0 spiro atoms. The zero-order valence-corrected chi connectivity index (χ0v) is 9.55. The Balaban J connectivity index is 1.92. The third kappa shape index (κ3) is 2.10. The molecule has 3 nitrogen and oxygen atoms in total. The summed E-state index contributed by atoms with van der Waals surface area (Å²) in [6, 6.07) is 0. The lowest BCUT2D eigenvalue weighted by Crippen LogP contribution is -2.58. The first kappa shape index (κ1) is 10.4.